The van der Waals surface area contributed by atoms with Gasteiger partial charge in [-0.25, -0.2) is 0 Å². The van der Waals surface area contributed by atoms with Gasteiger partial charge in [0, 0.05) is 30.1 Å². The van der Waals surface area contributed by atoms with E-state index in [2.05, 4.69) is 32.5 Å². The second kappa shape index (κ2) is 7.92. The molecule has 0 bridgehead atoms. The molecular weight excluding hydrogens is 410 g/mol. The number of nitrogens with one attached hydrogen (secondary N) is 1. The molecule has 160 valence electrons. The zero-order valence-corrected chi connectivity index (χ0v) is 18.5. The van der Waals surface area contributed by atoms with Gasteiger partial charge < -0.3 is 15.0 Å². The van der Waals surface area contributed by atoms with Crippen LogP contribution in [-0.2, 0) is 4.79 Å². The molecule has 1 aromatic carbocycles. The fourth-order valence-electron chi connectivity index (χ4n) is 4.52. The lowest BCUT2D eigenvalue weighted by Gasteiger charge is -2.38. The first kappa shape index (κ1) is 19.9. The highest BCUT2D eigenvalue weighted by molar-refractivity contribution is 7.13. The number of pyridine rings is 1. The molecule has 0 radical (unpaired) electrons. The monoisotopic (exact) mass is 435 g/mol. The van der Waals surface area contributed by atoms with Gasteiger partial charge in [0.2, 0.25) is 16.9 Å². The Morgan fingerprint density at radius 1 is 1.13 bits per heavy atom. The van der Waals surface area contributed by atoms with Crippen LogP contribution in [0.4, 0.5) is 10.9 Å². The molecule has 0 aliphatic carbocycles. The van der Waals surface area contributed by atoms with Crippen LogP contribution in [0.3, 0.4) is 0 Å². The largest absolute Gasteiger partial charge is 0.438 e. The molecule has 0 saturated carbocycles. The molecule has 1 atom stereocenters. The summed E-state index contributed by atoms with van der Waals surface area (Å²) in [5.41, 5.74) is 2.75. The highest BCUT2D eigenvalue weighted by Crippen LogP contribution is 2.52. The summed E-state index contributed by atoms with van der Waals surface area (Å²) in [5.74, 6) is 1.96. The summed E-state index contributed by atoms with van der Waals surface area (Å²) in [4.78, 5) is 20.5. The average Bonchev–Trinajstić information content (AvgIpc) is 3.30. The standard InChI is InChI=1S/C23H25N5O2S/c1-23(2,21(29)26-22-27-24-14-31-22)19-15-8-4-5-9-17(15)30-20-16(19)10-11-18(25-20)28-12-6-3-7-13-28/h4-5,8-11,14,19H,3,6-7,12-13H2,1-2H3,(H,26,27,29)/t19-/m0/s1. The predicted octanol–water partition coefficient (Wildman–Crippen LogP) is 4.83. The van der Waals surface area contributed by atoms with Gasteiger partial charge in [-0.1, -0.05) is 43.4 Å². The third-order valence-corrected chi connectivity index (χ3v) is 6.80. The zero-order valence-electron chi connectivity index (χ0n) is 17.7. The summed E-state index contributed by atoms with van der Waals surface area (Å²) in [5, 5.41) is 11.2. The first-order valence-corrected chi connectivity index (χ1v) is 11.5. The quantitative estimate of drug-likeness (QED) is 0.632. The molecule has 0 unspecified atom stereocenters. The molecule has 1 saturated heterocycles. The molecule has 4 heterocycles. The maximum absolute atomic E-state index is 13.3. The van der Waals surface area contributed by atoms with Crippen molar-refractivity contribution in [3.05, 3.63) is 53.0 Å². The number of carbonyl (C=O) groups is 1. The number of rotatable bonds is 4. The third kappa shape index (κ3) is 3.65. The Morgan fingerprint density at radius 3 is 2.71 bits per heavy atom. The molecule has 5 rings (SSSR count). The van der Waals surface area contributed by atoms with Gasteiger partial charge in [-0.05, 0) is 37.5 Å². The number of nitrogens with zero attached hydrogens (tertiary/aromatic N) is 4. The van der Waals surface area contributed by atoms with Crippen LogP contribution in [0.2, 0.25) is 0 Å². The SMILES string of the molecule is CC(C)(C(=O)Nc1nncs1)[C@H]1c2ccccc2Oc2nc(N3CCCCC3)ccc21. The van der Waals surface area contributed by atoms with E-state index in [1.807, 2.05) is 38.1 Å². The van der Waals surface area contributed by atoms with E-state index in [0.717, 1.165) is 35.8 Å². The second-order valence-electron chi connectivity index (χ2n) is 8.60. The van der Waals surface area contributed by atoms with Crippen LogP contribution in [0.5, 0.6) is 11.6 Å². The van der Waals surface area contributed by atoms with E-state index < -0.39 is 5.41 Å². The van der Waals surface area contributed by atoms with Gasteiger partial charge in [0.05, 0.1) is 5.41 Å². The van der Waals surface area contributed by atoms with Crippen LogP contribution in [0.25, 0.3) is 0 Å². The van der Waals surface area contributed by atoms with Gasteiger partial charge in [0.15, 0.2) is 0 Å². The van der Waals surface area contributed by atoms with Crippen molar-refractivity contribution < 1.29 is 9.53 Å². The number of piperidine rings is 1. The van der Waals surface area contributed by atoms with Crippen molar-refractivity contribution in [1.29, 1.82) is 0 Å². The molecule has 2 aliphatic rings. The number of para-hydroxylation sites is 1. The Balaban J connectivity index is 1.54. The number of ether oxygens (including phenoxy) is 1. The molecule has 3 aromatic rings. The average molecular weight is 436 g/mol. The van der Waals surface area contributed by atoms with Crippen LogP contribution in [0.15, 0.2) is 41.9 Å². The third-order valence-electron chi connectivity index (χ3n) is 6.19. The zero-order chi connectivity index (χ0) is 21.4. The van der Waals surface area contributed by atoms with Crippen LogP contribution in [0, 0.1) is 5.41 Å². The van der Waals surface area contributed by atoms with Crippen LogP contribution in [0.1, 0.15) is 50.2 Å². The topological polar surface area (TPSA) is 80.2 Å². The maximum atomic E-state index is 13.3. The Kier molecular flexibility index (Phi) is 5.09. The van der Waals surface area contributed by atoms with Crippen LogP contribution < -0.4 is 15.0 Å². The number of fused-ring (bicyclic) bond motifs is 2. The second-order valence-corrected chi connectivity index (χ2v) is 9.44. The Morgan fingerprint density at radius 2 is 1.94 bits per heavy atom. The van der Waals surface area contributed by atoms with E-state index >= 15 is 0 Å². The number of benzene rings is 1. The van der Waals surface area contributed by atoms with E-state index in [1.54, 1.807) is 5.51 Å². The van der Waals surface area contributed by atoms with E-state index in [1.165, 1.54) is 30.6 Å². The van der Waals surface area contributed by atoms with Crippen molar-refractivity contribution in [1.82, 2.24) is 15.2 Å². The number of anilines is 2. The Labute approximate surface area is 185 Å². The van der Waals surface area contributed by atoms with E-state index in [-0.39, 0.29) is 11.8 Å². The van der Waals surface area contributed by atoms with Gasteiger partial charge in [0.25, 0.3) is 0 Å². The van der Waals surface area contributed by atoms with Crippen LogP contribution in [-0.4, -0.2) is 34.2 Å². The molecular formula is C23H25N5O2S. The normalized spacial score (nSPS) is 18.0. The minimum absolute atomic E-state index is 0.114. The minimum atomic E-state index is -0.769. The molecule has 1 amide bonds. The summed E-state index contributed by atoms with van der Waals surface area (Å²) in [6, 6.07) is 12.0. The fraction of sp³-hybridized carbons (Fsp3) is 0.391. The smallest absolute Gasteiger partial charge is 0.232 e. The van der Waals surface area contributed by atoms with E-state index in [9.17, 15) is 4.79 Å². The van der Waals surface area contributed by atoms with Crippen LogP contribution >= 0.6 is 11.3 Å². The van der Waals surface area contributed by atoms with Crippen molar-refractivity contribution in [3.63, 3.8) is 0 Å². The summed E-state index contributed by atoms with van der Waals surface area (Å²) in [6.45, 7) is 5.94. The molecule has 7 nitrogen and oxygen atoms in total. The predicted molar refractivity (Wildman–Crippen MR) is 121 cm³/mol. The molecule has 1 N–H and O–H groups in total. The highest BCUT2D eigenvalue weighted by Gasteiger charge is 2.44. The number of aromatic nitrogens is 3. The van der Waals surface area contributed by atoms with Gasteiger partial charge in [0.1, 0.15) is 17.1 Å². The lowest BCUT2D eigenvalue weighted by atomic mass is 9.70. The summed E-state index contributed by atoms with van der Waals surface area (Å²) < 4.78 is 6.23. The van der Waals surface area contributed by atoms with Crippen molar-refractivity contribution in [2.45, 2.75) is 39.0 Å². The van der Waals surface area contributed by atoms with Gasteiger partial charge in [-0.2, -0.15) is 4.98 Å². The molecule has 2 aliphatic heterocycles. The van der Waals surface area contributed by atoms with Crippen molar-refractivity contribution in [2.24, 2.45) is 5.41 Å². The van der Waals surface area contributed by atoms with Crippen molar-refractivity contribution in [2.75, 3.05) is 23.3 Å². The molecule has 2 aromatic heterocycles. The summed E-state index contributed by atoms with van der Waals surface area (Å²) >= 11 is 1.31. The lowest BCUT2D eigenvalue weighted by molar-refractivity contribution is -0.124. The van der Waals surface area contributed by atoms with E-state index in [0.29, 0.717) is 11.0 Å². The van der Waals surface area contributed by atoms with Gasteiger partial charge in [-0.3, -0.25) is 4.79 Å². The number of hydrogen-bond donors (Lipinski definition) is 1. The Hall–Kier alpha value is -3.00. The molecule has 31 heavy (non-hydrogen) atoms. The lowest BCUT2D eigenvalue weighted by Crippen LogP contribution is -2.38. The molecule has 1 fully saturated rings. The van der Waals surface area contributed by atoms with Gasteiger partial charge in [-0.15, -0.1) is 10.2 Å². The van der Waals surface area contributed by atoms with Gasteiger partial charge >= 0.3 is 0 Å². The number of carbonyl (C=O) groups excluding carboxylic acids is 1. The summed E-state index contributed by atoms with van der Waals surface area (Å²) in [6.07, 6.45) is 3.64. The van der Waals surface area contributed by atoms with E-state index in [4.69, 9.17) is 9.72 Å². The first-order valence-electron chi connectivity index (χ1n) is 10.6. The summed E-state index contributed by atoms with van der Waals surface area (Å²) in [7, 11) is 0. The van der Waals surface area contributed by atoms with Crippen molar-refractivity contribution >= 4 is 28.2 Å². The molecule has 8 heteroatoms. The van der Waals surface area contributed by atoms with Crippen molar-refractivity contribution in [3.8, 4) is 11.6 Å². The Bertz CT molecular complexity index is 1090. The number of amides is 1. The maximum Gasteiger partial charge on any atom is 0.232 e. The molecule has 0 spiro atoms. The number of hydrogen-bond acceptors (Lipinski definition) is 7. The highest BCUT2D eigenvalue weighted by atomic mass is 32.1. The first-order chi connectivity index (χ1) is 15.0. The fourth-order valence-corrected chi connectivity index (χ4v) is 4.96. The minimum Gasteiger partial charge on any atom is -0.438 e.